The first-order valence-electron chi connectivity index (χ1n) is 13.7. The number of hydrogen-bond donors (Lipinski definition) is 5. The van der Waals surface area contributed by atoms with Gasteiger partial charge in [0.15, 0.2) is 0 Å². The number of hydrogen-bond acceptors (Lipinski definition) is 8. The van der Waals surface area contributed by atoms with Gasteiger partial charge in [-0.1, -0.05) is 17.7 Å². The van der Waals surface area contributed by atoms with Crippen LogP contribution in [-0.2, 0) is 5.79 Å². The number of rotatable bonds is 2. The van der Waals surface area contributed by atoms with Gasteiger partial charge < -0.3 is 39.4 Å². The van der Waals surface area contributed by atoms with Crippen molar-refractivity contribution in [3.05, 3.63) is 101 Å². The highest BCUT2D eigenvalue weighted by molar-refractivity contribution is 5.84. The summed E-state index contributed by atoms with van der Waals surface area (Å²) in [6, 6.07) is 19.4. The molecule has 42 heavy (non-hydrogen) atoms. The lowest BCUT2D eigenvalue weighted by atomic mass is 9.61. The molecule has 8 nitrogen and oxygen atoms in total. The molecule has 210 valence electrons. The maximum Gasteiger partial charge on any atom is 0.285 e. The smallest absolute Gasteiger partial charge is 0.285 e. The number of aromatic hydroxyl groups is 5. The van der Waals surface area contributed by atoms with Crippen LogP contribution < -0.4 is 9.47 Å². The Morgan fingerprint density at radius 1 is 0.738 bits per heavy atom. The molecule has 4 atom stereocenters. The van der Waals surface area contributed by atoms with Gasteiger partial charge in [-0.05, 0) is 67.4 Å². The average Bonchev–Trinajstić information content (AvgIpc) is 3.35. The highest BCUT2D eigenvalue weighted by Gasteiger charge is 2.61. The zero-order valence-corrected chi connectivity index (χ0v) is 22.4. The summed E-state index contributed by atoms with van der Waals surface area (Å²) in [7, 11) is 0. The van der Waals surface area contributed by atoms with Crippen LogP contribution in [0.3, 0.4) is 0 Å². The van der Waals surface area contributed by atoms with E-state index >= 15 is 0 Å². The fourth-order valence-electron chi connectivity index (χ4n) is 7.11. The number of phenols is 5. The van der Waals surface area contributed by atoms with Crippen LogP contribution in [0.4, 0.5) is 0 Å². The van der Waals surface area contributed by atoms with Crippen molar-refractivity contribution in [1.29, 1.82) is 0 Å². The fourth-order valence-corrected chi connectivity index (χ4v) is 7.11. The summed E-state index contributed by atoms with van der Waals surface area (Å²) in [6.07, 6.45) is 2.80. The molecule has 8 heteroatoms. The topological polar surface area (TPSA) is 133 Å². The summed E-state index contributed by atoms with van der Waals surface area (Å²) >= 11 is 0. The van der Waals surface area contributed by atoms with E-state index in [1.807, 2.05) is 12.1 Å². The average molecular weight is 563 g/mol. The van der Waals surface area contributed by atoms with Crippen LogP contribution in [0.1, 0.15) is 41.9 Å². The molecule has 8 rings (SSSR count). The van der Waals surface area contributed by atoms with E-state index in [0.29, 0.717) is 46.0 Å². The van der Waals surface area contributed by atoms with Gasteiger partial charge in [-0.3, -0.25) is 0 Å². The molecular formula is C34H26O8. The van der Waals surface area contributed by atoms with Gasteiger partial charge in [0.2, 0.25) is 0 Å². The summed E-state index contributed by atoms with van der Waals surface area (Å²) in [5, 5.41) is 53.9. The van der Waals surface area contributed by atoms with Gasteiger partial charge in [-0.25, -0.2) is 0 Å². The van der Waals surface area contributed by atoms with E-state index < -0.39 is 11.7 Å². The molecule has 2 aliphatic heterocycles. The third-order valence-corrected chi connectivity index (χ3v) is 8.78. The second-order valence-electron chi connectivity index (χ2n) is 11.4. The molecule has 3 heterocycles. The van der Waals surface area contributed by atoms with Crippen molar-refractivity contribution in [2.24, 2.45) is 5.92 Å². The number of fused-ring (bicyclic) bond motifs is 5. The molecule has 0 amide bonds. The predicted octanol–water partition coefficient (Wildman–Crippen LogP) is 7.10. The van der Waals surface area contributed by atoms with Gasteiger partial charge in [0, 0.05) is 46.5 Å². The monoisotopic (exact) mass is 562 g/mol. The van der Waals surface area contributed by atoms with Crippen molar-refractivity contribution in [2.75, 3.05) is 0 Å². The second-order valence-corrected chi connectivity index (χ2v) is 11.4. The summed E-state index contributed by atoms with van der Waals surface area (Å²) in [5.74, 6) is -1.40. The molecule has 0 radical (unpaired) electrons. The molecule has 0 fully saturated rings. The van der Waals surface area contributed by atoms with Crippen LogP contribution in [-0.4, -0.2) is 25.5 Å². The summed E-state index contributed by atoms with van der Waals surface area (Å²) in [4.78, 5) is 0. The van der Waals surface area contributed by atoms with Crippen LogP contribution in [0.25, 0.3) is 22.3 Å². The number of furan rings is 1. The molecule has 1 aromatic heterocycles. The Morgan fingerprint density at radius 2 is 1.48 bits per heavy atom. The highest BCUT2D eigenvalue weighted by atomic mass is 16.7. The van der Waals surface area contributed by atoms with Gasteiger partial charge in [0.05, 0.1) is 11.5 Å². The first-order valence-corrected chi connectivity index (χ1v) is 13.7. The van der Waals surface area contributed by atoms with Gasteiger partial charge >= 0.3 is 0 Å². The molecular weight excluding hydrogens is 536 g/mol. The van der Waals surface area contributed by atoms with E-state index in [9.17, 15) is 25.5 Å². The lowest BCUT2D eigenvalue weighted by Crippen LogP contribution is -2.56. The van der Waals surface area contributed by atoms with Crippen molar-refractivity contribution in [3.8, 4) is 51.6 Å². The largest absolute Gasteiger partial charge is 0.508 e. The Hall–Kier alpha value is -5.24. The van der Waals surface area contributed by atoms with Gasteiger partial charge in [-0.2, -0.15) is 0 Å². The first kappa shape index (κ1) is 24.5. The van der Waals surface area contributed by atoms with E-state index in [2.05, 4.69) is 13.0 Å². The minimum absolute atomic E-state index is 0.0283. The number of benzene rings is 4. The molecule has 0 spiro atoms. The second kappa shape index (κ2) is 8.39. The minimum Gasteiger partial charge on any atom is -0.508 e. The maximum atomic E-state index is 11.5. The molecule has 3 aliphatic rings. The van der Waals surface area contributed by atoms with Crippen LogP contribution in [0.2, 0.25) is 0 Å². The van der Waals surface area contributed by atoms with E-state index in [1.54, 1.807) is 42.5 Å². The van der Waals surface area contributed by atoms with Crippen LogP contribution in [0.5, 0.6) is 40.2 Å². The van der Waals surface area contributed by atoms with Crippen molar-refractivity contribution in [2.45, 2.75) is 31.0 Å². The van der Waals surface area contributed by atoms with Crippen LogP contribution in [0, 0.1) is 5.92 Å². The SMILES string of the molecule is CC1=C[C@@H]2c3c(O)cc(-c4cc5ccc(O)cc5o4)cc3O[C@]3(c4ccc(O)cc4O)Oc4cc(O)ccc4[C@H](C1)[C@H]23. The third kappa shape index (κ3) is 3.41. The predicted molar refractivity (Wildman–Crippen MR) is 153 cm³/mol. The Morgan fingerprint density at radius 3 is 2.31 bits per heavy atom. The molecule has 1 aliphatic carbocycles. The molecule has 0 saturated heterocycles. The van der Waals surface area contributed by atoms with Gasteiger partial charge in [0.25, 0.3) is 5.79 Å². The molecule has 5 aromatic rings. The van der Waals surface area contributed by atoms with E-state index in [0.717, 1.165) is 16.5 Å². The van der Waals surface area contributed by atoms with Crippen molar-refractivity contribution in [3.63, 3.8) is 0 Å². The lowest BCUT2D eigenvalue weighted by Gasteiger charge is -2.55. The zero-order valence-electron chi connectivity index (χ0n) is 22.4. The first-order chi connectivity index (χ1) is 20.2. The van der Waals surface area contributed by atoms with Crippen molar-refractivity contribution < 1.29 is 39.4 Å². The Balaban J connectivity index is 1.38. The van der Waals surface area contributed by atoms with Gasteiger partial charge in [0.1, 0.15) is 51.6 Å². The summed E-state index contributed by atoms with van der Waals surface area (Å²) in [5.41, 5.74) is 3.98. The van der Waals surface area contributed by atoms with Crippen molar-refractivity contribution in [1.82, 2.24) is 0 Å². The highest BCUT2D eigenvalue weighted by Crippen LogP contribution is 2.65. The minimum atomic E-state index is -1.57. The molecule has 5 N–H and O–H groups in total. The maximum absolute atomic E-state index is 11.5. The molecule has 0 unspecified atom stereocenters. The standard InChI is InChI=1S/C34H26O8/c1-16-8-23-22-6-4-21(37)15-30(22)41-34(25-7-5-19(35)13-26(25)38)33(23)24(9-16)32-27(39)10-18(12-31(32)42-34)28-11-17-2-3-20(36)14-29(17)40-28/h2-7,9-15,23-24,33,35-39H,8H2,1H3/t23-,24+,33+,34-/m0/s1. The van der Waals surface area contributed by atoms with Crippen LogP contribution in [0.15, 0.2) is 88.9 Å². The zero-order chi connectivity index (χ0) is 28.9. The normalized spacial score (nSPS) is 23.6. The Kier molecular flexibility index (Phi) is 4.90. The number of allylic oxidation sites excluding steroid dienone is 2. The molecule has 0 bridgehead atoms. The van der Waals surface area contributed by atoms with Crippen molar-refractivity contribution >= 4 is 11.0 Å². The summed E-state index contributed by atoms with van der Waals surface area (Å²) in [6.45, 7) is 2.05. The number of phenolic OH excluding ortho intramolecular Hbond substituents is 5. The molecule has 0 saturated carbocycles. The van der Waals surface area contributed by atoms with E-state index in [1.165, 1.54) is 18.2 Å². The number of ether oxygens (including phenoxy) is 2. The van der Waals surface area contributed by atoms with E-state index in [-0.39, 0.29) is 40.6 Å². The Bertz CT molecular complexity index is 1970. The third-order valence-electron chi connectivity index (χ3n) is 8.78. The Labute approximate surface area is 239 Å². The summed E-state index contributed by atoms with van der Waals surface area (Å²) < 4.78 is 19.5. The molecule has 4 aromatic carbocycles. The fraction of sp³-hybridized carbons (Fsp3) is 0.176. The van der Waals surface area contributed by atoms with E-state index in [4.69, 9.17) is 13.9 Å². The van der Waals surface area contributed by atoms with Gasteiger partial charge in [-0.15, -0.1) is 0 Å². The quantitative estimate of drug-likeness (QED) is 0.144. The van der Waals surface area contributed by atoms with Crippen LogP contribution >= 0.6 is 0 Å². The lowest BCUT2D eigenvalue weighted by molar-refractivity contribution is -0.198.